The summed E-state index contributed by atoms with van der Waals surface area (Å²) in [6, 6.07) is 3.95. The lowest BCUT2D eigenvalue weighted by Gasteiger charge is -2.22. The fourth-order valence-electron chi connectivity index (χ4n) is 3.05. The number of ether oxygens (including phenoxy) is 2. The fraction of sp³-hybridized carbons (Fsp3) is 0.533. The summed E-state index contributed by atoms with van der Waals surface area (Å²) in [4.78, 5) is 14.1. The molecule has 0 aliphatic carbocycles. The number of nitrogens with one attached hydrogen (secondary N) is 1. The summed E-state index contributed by atoms with van der Waals surface area (Å²) >= 11 is 5.88. The van der Waals surface area contributed by atoms with Crippen molar-refractivity contribution >= 4 is 23.3 Å². The minimum atomic E-state index is -2.94. The van der Waals surface area contributed by atoms with Crippen LogP contribution in [0, 0.1) is 5.41 Å². The number of hydrogen-bond acceptors (Lipinski definition) is 3. The zero-order valence-electron chi connectivity index (χ0n) is 12.4. The van der Waals surface area contributed by atoms with Crippen LogP contribution >= 0.6 is 11.6 Å². The molecule has 2 aliphatic heterocycles. The van der Waals surface area contributed by atoms with Gasteiger partial charge in [0, 0.05) is 30.8 Å². The Morgan fingerprint density at radius 3 is 2.91 bits per heavy atom. The number of amides is 2. The van der Waals surface area contributed by atoms with E-state index in [0.717, 1.165) is 19.4 Å². The van der Waals surface area contributed by atoms with E-state index in [1.54, 1.807) is 4.90 Å². The van der Waals surface area contributed by atoms with Crippen LogP contribution in [0.5, 0.6) is 5.75 Å². The van der Waals surface area contributed by atoms with Crippen LogP contribution in [0.2, 0.25) is 5.02 Å². The van der Waals surface area contributed by atoms with Crippen molar-refractivity contribution in [2.75, 3.05) is 31.6 Å². The van der Waals surface area contributed by atoms with Gasteiger partial charge in [-0.25, -0.2) is 4.79 Å². The molecule has 0 unspecified atom stereocenters. The van der Waals surface area contributed by atoms with E-state index in [2.05, 4.69) is 10.1 Å². The minimum Gasteiger partial charge on any atom is -0.433 e. The van der Waals surface area contributed by atoms with Gasteiger partial charge in [0.1, 0.15) is 5.75 Å². The normalized spacial score (nSPS) is 23.7. The minimum absolute atomic E-state index is 0.0187. The van der Waals surface area contributed by atoms with Gasteiger partial charge in [-0.3, -0.25) is 0 Å². The highest BCUT2D eigenvalue weighted by Gasteiger charge is 2.42. The van der Waals surface area contributed by atoms with Crippen molar-refractivity contribution < 1.29 is 23.0 Å². The van der Waals surface area contributed by atoms with Gasteiger partial charge in [0.15, 0.2) is 0 Å². The number of alkyl halides is 2. The molecule has 1 spiro atoms. The molecule has 126 valence electrons. The van der Waals surface area contributed by atoms with Gasteiger partial charge in [-0.2, -0.15) is 8.78 Å². The van der Waals surface area contributed by atoms with Gasteiger partial charge in [-0.1, -0.05) is 11.6 Å². The van der Waals surface area contributed by atoms with Gasteiger partial charge < -0.3 is 19.7 Å². The zero-order chi connectivity index (χ0) is 16.4. The number of hydrogen-bond donors (Lipinski definition) is 1. The first kappa shape index (κ1) is 16.3. The van der Waals surface area contributed by atoms with Gasteiger partial charge in [0.2, 0.25) is 0 Å². The molecular weight excluding hydrogens is 330 g/mol. The molecular formula is C15H17ClF2N2O3. The summed E-state index contributed by atoms with van der Waals surface area (Å²) in [5.74, 6) is -0.122. The summed E-state index contributed by atoms with van der Waals surface area (Å²) < 4.78 is 34.1. The van der Waals surface area contributed by atoms with E-state index in [-0.39, 0.29) is 22.2 Å². The van der Waals surface area contributed by atoms with Crippen molar-refractivity contribution in [3.63, 3.8) is 0 Å². The van der Waals surface area contributed by atoms with Crippen molar-refractivity contribution in [1.82, 2.24) is 4.90 Å². The molecule has 1 N–H and O–H groups in total. The molecule has 2 heterocycles. The number of carbonyl (C=O) groups is 1. The number of rotatable bonds is 3. The van der Waals surface area contributed by atoms with Crippen LogP contribution in [0.15, 0.2) is 18.2 Å². The smallest absolute Gasteiger partial charge is 0.387 e. The Balaban J connectivity index is 1.61. The average molecular weight is 347 g/mol. The Labute approximate surface area is 137 Å². The molecule has 1 aromatic rings. The average Bonchev–Trinajstić information content (AvgIpc) is 3.12. The number of anilines is 1. The third-order valence-corrected chi connectivity index (χ3v) is 4.61. The summed E-state index contributed by atoms with van der Waals surface area (Å²) in [5.41, 5.74) is 0.523. The van der Waals surface area contributed by atoms with Crippen molar-refractivity contribution in [3.05, 3.63) is 23.2 Å². The van der Waals surface area contributed by atoms with E-state index >= 15 is 0 Å². The van der Waals surface area contributed by atoms with E-state index < -0.39 is 6.61 Å². The second-order valence-corrected chi connectivity index (χ2v) is 6.34. The maximum Gasteiger partial charge on any atom is 0.387 e. The van der Waals surface area contributed by atoms with E-state index in [1.165, 1.54) is 18.2 Å². The summed E-state index contributed by atoms with van der Waals surface area (Å²) in [6.45, 7) is -0.157. The van der Waals surface area contributed by atoms with E-state index in [4.69, 9.17) is 16.3 Å². The van der Waals surface area contributed by atoms with Crippen LogP contribution < -0.4 is 10.1 Å². The van der Waals surface area contributed by atoms with Crippen LogP contribution in [0.4, 0.5) is 19.3 Å². The van der Waals surface area contributed by atoms with Crippen molar-refractivity contribution in [2.45, 2.75) is 19.5 Å². The largest absolute Gasteiger partial charge is 0.433 e. The highest BCUT2D eigenvalue weighted by atomic mass is 35.5. The van der Waals surface area contributed by atoms with E-state index in [0.29, 0.717) is 25.4 Å². The van der Waals surface area contributed by atoms with Crippen LogP contribution in [0.1, 0.15) is 12.8 Å². The van der Waals surface area contributed by atoms with Crippen molar-refractivity contribution in [2.24, 2.45) is 5.41 Å². The molecule has 2 fully saturated rings. The number of nitrogens with zero attached hydrogens (tertiary/aromatic N) is 1. The van der Waals surface area contributed by atoms with Crippen LogP contribution in [0.25, 0.3) is 0 Å². The molecule has 23 heavy (non-hydrogen) atoms. The molecule has 0 aromatic heterocycles. The monoisotopic (exact) mass is 346 g/mol. The fourth-order valence-corrected chi connectivity index (χ4v) is 3.28. The Kier molecular flexibility index (Phi) is 4.59. The molecule has 2 saturated heterocycles. The SMILES string of the molecule is O=C(Nc1ccc(OC(F)F)c(Cl)c1)N1CC[C@@]2(CCOC2)C1. The van der Waals surface area contributed by atoms with E-state index in [9.17, 15) is 13.6 Å². The van der Waals surface area contributed by atoms with E-state index in [1.807, 2.05) is 0 Å². The number of urea groups is 1. The molecule has 8 heteroatoms. The van der Waals surface area contributed by atoms with Crippen LogP contribution in [-0.2, 0) is 4.74 Å². The third kappa shape index (κ3) is 3.67. The maximum absolute atomic E-state index is 12.3. The molecule has 1 atom stereocenters. The quantitative estimate of drug-likeness (QED) is 0.910. The Bertz CT molecular complexity index is 594. The summed E-state index contributed by atoms with van der Waals surface area (Å²) in [5, 5.41) is 2.75. The number of carbonyl (C=O) groups excluding carboxylic acids is 1. The molecule has 2 amide bonds. The predicted molar refractivity (Wildman–Crippen MR) is 81.2 cm³/mol. The maximum atomic E-state index is 12.3. The zero-order valence-corrected chi connectivity index (χ0v) is 13.1. The predicted octanol–water partition coefficient (Wildman–Crippen LogP) is 3.59. The molecule has 0 saturated carbocycles. The van der Waals surface area contributed by atoms with Crippen LogP contribution in [0.3, 0.4) is 0 Å². The Morgan fingerprint density at radius 1 is 1.43 bits per heavy atom. The first-order valence-corrected chi connectivity index (χ1v) is 7.73. The van der Waals surface area contributed by atoms with Gasteiger partial charge in [-0.15, -0.1) is 0 Å². The number of likely N-dealkylation sites (tertiary alicyclic amines) is 1. The summed E-state index contributed by atoms with van der Waals surface area (Å²) in [6.07, 6.45) is 1.91. The first-order chi connectivity index (χ1) is 11.0. The Hall–Kier alpha value is -1.60. The molecule has 5 nitrogen and oxygen atoms in total. The van der Waals surface area contributed by atoms with Crippen molar-refractivity contribution in [3.8, 4) is 5.75 Å². The lowest BCUT2D eigenvalue weighted by molar-refractivity contribution is -0.0497. The topological polar surface area (TPSA) is 50.8 Å². The lowest BCUT2D eigenvalue weighted by Crippen LogP contribution is -2.35. The lowest BCUT2D eigenvalue weighted by atomic mass is 9.87. The first-order valence-electron chi connectivity index (χ1n) is 7.36. The highest BCUT2D eigenvalue weighted by Crippen LogP contribution is 2.38. The summed E-state index contributed by atoms with van der Waals surface area (Å²) in [7, 11) is 0. The second kappa shape index (κ2) is 6.49. The van der Waals surface area contributed by atoms with Crippen molar-refractivity contribution in [1.29, 1.82) is 0 Å². The van der Waals surface area contributed by atoms with Gasteiger partial charge in [0.05, 0.1) is 11.6 Å². The van der Waals surface area contributed by atoms with Gasteiger partial charge in [-0.05, 0) is 31.0 Å². The van der Waals surface area contributed by atoms with Crippen LogP contribution in [-0.4, -0.2) is 43.8 Å². The molecule has 1 aromatic carbocycles. The molecule has 0 bridgehead atoms. The molecule has 3 rings (SSSR count). The highest BCUT2D eigenvalue weighted by molar-refractivity contribution is 6.32. The second-order valence-electron chi connectivity index (χ2n) is 5.93. The number of benzene rings is 1. The molecule has 0 radical (unpaired) electrons. The van der Waals surface area contributed by atoms with Gasteiger partial charge >= 0.3 is 12.6 Å². The number of halogens is 3. The molecule has 2 aliphatic rings. The Morgan fingerprint density at radius 2 is 2.26 bits per heavy atom. The van der Waals surface area contributed by atoms with Gasteiger partial charge in [0.25, 0.3) is 0 Å². The standard InChI is InChI=1S/C15H17ClF2N2O3/c16-11-7-10(1-2-12(11)23-13(17)18)19-14(21)20-5-3-15(8-20)4-6-22-9-15/h1-2,7,13H,3-6,8-9H2,(H,19,21)/t15-/m1/s1. The third-order valence-electron chi connectivity index (χ3n) is 4.31.